The van der Waals surface area contributed by atoms with Gasteiger partial charge in [0.15, 0.2) is 0 Å². The Bertz CT molecular complexity index is 55.7. The van der Waals surface area contributed by atoms with Crippen LogP contribution < -0.4 is 0 Å². The van der Waals surface area contributed by atoms with E-state index in [-0.39, 0.29) is 0 Å². The third kappa shape index (κ3) is 5.82. The van der Waals surface area contributed by atoms with Crippen molar-refractivity contribution in [2.24, 2.45) is 10.4 Å². The minimum absolute atomic E-state index is 0.520. The molecule has 2 nitrogen and oxygen atoms in total. The molecule has 0 aliphatic heterocycles. The highest BCUT2D eigenvalue weighted by Gasteiger charge is 1.89. The van der Waals surface area contributed by atoms with E-state index in [0.29, 0.717) is 12.5 Å². The van der Waals surface area contributed by atoms with Crippen LogP contribution in [0.15, 0.2) is 4.53 Å². The second-order valence-corrected chi connectivity index (χ2v) is 1.91. The van der Waals surface area contributed by atoms with E-state index in [9.17, 15) is 0 Å². The Kier molecular flexibility index (Phi) is 3.89. The third-order valence-corrected chi connectivity index (χ3v) is 0.566. The van der Waals surface area contributed by atoms with Gasteiger partial charge in [0.05, 0.1) is 12.4 Å². The summed E-state index contributed by atoms with van der Waals surface area (Å²) in [7, 11) is 0. The van der Waals surface area contributed by atoms with Crippen molar-refractivity contribution in [3.63, 3.8) is 0 Å². The van der Waals surface area contributed by atoms with E-state index in [1.807, 2.05) is 13.8 Å². The van der Waals surface area contributed by atoms with Crippen LogP contribution in [0.5, 0.6) is 0 Å². The highest BCUT2D eigenvalue weighted by molar-refractivity contribution is 7.47. The molecule has 0 saturated heterocycles. The molecule has 0 aromatic carbocycles. The lowest BCUT2D eigenvalue weighted by Crippen LogP contribution is -1.95. The van der Waals surface area contributed by atoms with Crippen LogP contribution in [0.25, 0.3) is 0 Å². The van der Waals surface area contributed by atoms with Crippen LogP contribution >= 0.6 is 0 Å². The van der Waals surface area contributed by atoms with Gasteiger partial charge in [0.1, 0.15) is 6.61 Å². The van der Waals surface area contributed by atoms with Gasteiger partial charge in [0, 0.05) is 0 Å². The standard InChI is InChI=1S/C4H9NOS/c1-4(2)3-6-5-7/h4H,3H2,1-2H3. The van der Waals surface area contributed by atoms with E-state index in [1.165, 1.54) is 0 Å². The molecule has 0 bridgehead atoms. The zero-order valence-electron chi connectivity index (χ0n) is 4.55. The minimum atomic E-state index is 0.520. The van der Waals surface area contributed by atoms with Crippen LogP contribution in [0.1, 0.15) is 13.8 Å². The number of nitrogens with zero attached hydrogens (tertiary/aromatic N) is 1. The Morgan fingerprint density at radius 2 is 2.29 bits per heavy atom. The van der Waals surface area contributed by atoms with E-state index < -0.39 is 0 Å². The van der Waals surface area contributed by atoms with Gasteiger partial charge in [-0.2, -0.15) is 0 Å². The van der Waals surface area contributed by atoms with Crippen molar-refractivity contribution < 1.29 is 4.84 Å². The highest BCUT2D eigenvalue weighted by atomic mass is 32.1. The third-order valence-electron chi connectivity index (χ3n) is 0.461. The zero-order chi connectivity index (χ0) is 5.70. The smallest absolute Gasteiger partial charge is 0.120 e. The normalized spacial score (nSPS) is 9.00. The molecule has 0 saturated carbocycles. The van der Waals surface area contributed by atoms with Gasteiger partial charge < -0.3 is 4.84 Å². The van der Waals surface area contributed by atoms with E-state index in [4.69, 9.17) is 0 Å². The minimum Gasteiger partial charge on any atom is -0.386 e. The van der Waals surface area contributed by atoms with E-state index in [2.05, 4.69) is 21.8 Å². The largest absolute Gasteiger partial charge is 0.386 e. The molecule has 0 radical (unpaired) electrons. The van der Waals surface area contributed by atoms with Crippen molar-refractivity contribution in [2.75, 3.05) is 6.61 Å². The average molecular weight is 119 g/mol. The summed E-state index contributed by atoms with van der Waals surface area (Å²) in [5.41, 5.74) is 0. The molecule has 0 heterocycles. The van der Waals surface area contributed by atoms with Gasteiger partial charge in [-0.05, 0) is 10.4 Å². The molecule has 0 unspecified atom stereocenters. The molecular weight excluding hydrogens is 110 g/mol. The highest BCUT2D eigenvalue weighted by Crippen LogP contribution is 1.90. The second-order valence-electron chi connectivity index (χ2n) is 1.76. The van der Waals surface area contributed by atoms with Crippen molar-refractivity contribution in [1.29, 1.82) is 0 Å². The summed E-state index contributed by atoms with van der Waals surface area (Å²) in [6.45, 7) is 4.71. The van der Waals surface area contributed by atoms with Crippen molar-refractivity contribution in [1.82, 2.24) is 0 Å². The summed E-state index contributed by atoms with van der Waals surface area (Å²) >= 11 is 4.17. The predicted octanol–water partition coefficient (Wildman–Crippen LogP) is 1.30. The summed E-state index contributed by atoms with van der Waals surface area (Å²) in [6.07, 6.45) is 0. The number of hydrogen-bond acceptors (Lipinski definition) is 3. The maximum Gasteiger partial charge on any atom is 0.120 e. The van der Waals surface area contributed by atoms with Crippen LogP contribution in [0, 0.1) is 5.92 Å². The Morgan fingerprint density at radius 3 is 2.43 bits per heavy atom. The van der Waals surface area contributed by atoms with E-state index in [0.717, 1.165) is 0 Å². The van der Waals surface area contributed by atoms with E-state index >= 15 is 0 Å². The lowest BCUT2D eigenvalue weighted by atomic mass is 10.2. The number of rotatable bonds is 3. The van der Waals surface area contributed by atoms with Gasteiger partial charge in [-0.25, -0.2) is 0 Å². The summed E-state index contributed by atoms with van der Waals surface area (Å²) < 4.78 is 3.06. The molecule has 0 rings (SSSR count). The molecular formula is C4H9NOS. The van der Waals surface area contributed by atoms with Gasteiger partial charge in [0.2, 0.25) is 0 Å². The second kappa shape index (κ2) is 3.99. The van der Waals surface area contributed by atoms with Crippen LogP contribution in [-0.2, 0) is 17.3 Å². The predicted molar refractivity (Wildman–Crippen MR) is 30.6 cm³/mol. The van der Waals surface area contributed by atoms with Gasteiger partial charge in [-0.15, -0.1) is 0 Å². The first-order valence-electron chi connectivity index (χ1n) is 2.22. The fourth-order valence-corrected chi connectivity index (χ4v) is 0.240. The lowest BCUT2D eigenvalue weighted by molar-refractivity contribution is 0.125. The SMILES string of the molecule is CC(C)CON=S. The average Bonchev–Trinajstić information content (AvgIpc) is 1.61. The zero-order valence-corrected chi connectivity index (χ0v) is 5.36. The van der Waals surface area contributed by atoms with Crippen molar-refractivity contribution in [3.8, 4) is 0 Å². The lowest BCUT2D eigenvalue weighted by Gasteiger charge is -1.97. The van der Waals surface area contributed by atoms with Gasteiger partial charge >= 0.3 is 0 Å². The molecule has 0 amide bonds. The maximum atomic E-state index is 4.53. The Labute approximate surface area is 49.0 Å². The molecule has 0 aromatic rings. The van der Waals surface area contributed by atoms with Crippen molar-refractivity contribution >= 4 is 12.4 Å². The van der Waals surface area contributed by atoms with Crippen molar-refractivity contribution in [3.05, 3.63) is 0 Å². The monoisotopic (exact) mass is 119 g/mol. The molecule has 0 aliphatic rings. The van der Waals surface area contributed by atoms with Gasteiger partial charge in [-0.1, -0.05) is 13.8 Å². The molecule has 0 aliphatic carbocycles. The van der Waals surface area contributed by atoms with Crippen molar-refractivity contribution in [2.45, 2.75) is 13.8 Å². The molecule has 0 atom stereocenters. The summed E-state index contributed by atoms with van der Waals surface area (Å²) in [4.78, 5) is 4.53. The molecule has 0 N–H and O–H groups in total. The topological polar surface area (TPSA) is 21.6 Å². The van der Waals surface area contributed by atoms with Crippen LogP contribution in [0.4, 0.5) is 0 Å². The van der Waals surface area contributed by atoms with Gasteiger partial charge in [-0.3, -0.25) is 0 Å². The maximum absolute atomic E-state index is 4.53. The first kappa shape index (κ1) is 6.82. The molecule has 0 fully saturated rings. The molecule has 0 aromatic heterocycles. The fourth-order valence-electron chi connectivity index (χ4n) is 0.180. The quantitative estimate of drug-likeness (QED) is 0.522. The molecule has 0 spiro atoms. The first-order chi connectivity index (χ1) is 3.27. The van der Waals surface area contributed by atoms with Gasteiger partial charge in [0.25, 0.3) is 0 Å². The summed E-state index contributed by atoms with van der Waals surface area (Å²) in [5.74, 6) is 0.520. The fraction of sp³-hybridized carbons (Fsp3) is 1.00. The number of hydrogen-bond donors (Lipinski definition) is 0. The van der Waals surface area contributed by atoms with E-state index in [1.54, 1.807) is 0 Å². The molecule has 7 heavy (non-hydrogen) atoms. The Hall–Kier alpha value is -0.180. The Balaban J connectivity index is 2.81. The summed E-state index contributed by atoms with van der Waals surface area (Å²) in [5, 5.41) is 0. The Morgan fingerprint density at radius 1 is 1.71 bits per heavy atom. The first-order valence-corrected chi connectivity index (χ1v) is 2.58. The van der Waals surface area contributed by atoms with Crippen LogP contribution in [-0.4, -0.2) is 6.61 Å². The van der Waals surface area contributed by atoms with Crippen LogP contribution in [0.2, 0.25) is 0 Å². The van der Waals surface area contributed by atoms with Crippen LogP contribution in [0.3, 0.4) is 0 Å². The molecule has 3 heteroatoms. The molecule has 42 valence electrons. The summed E-state index contributed by atoms with van der Waals surface area (Å²) in [6, 6.07) is 0.